The molecule has 0 amide bonds. The molecule has 0 radical (unpaired) electrons. The van der Waals surface area contributed by atoms with Crippen molar-refractivity contribution in [1.82, 2.24) is 4.98 Å². The van der Waals surface area contributed by atoms with Crippen molar-refractivity contribution < 1.29 is 9.15 Å². The molecule has 0 aliphatic carbocycles. The van der Waals surface area contributed by atoms with Gasteiger partial charge in [-0.1, -0.05) is 0 Å². The quantitative estimate of drug-likeness (QED) is 0.413. The van der Waals surface area contributed by atoms with Crippen LogP contribution in [-0.2, 0) is 0 Å². The fraction of sp³-hybridized carbons (Fsp3) is 0. The van der Waals surface area contributed by atoms with Crippen molar-refractivity contribution in [2.24, 2.45) is 0 Å². The SMILES string of the molecule is c1cc2c(ccc3c4c([nH]c32)O4)o1. The molecule has 3 heteroatoms. The van der Waals surface area contributed by atoms with Crippen molar-refractivity contribution in [2.75, 3.05) is 0 Å². The molecule has 0 fully saturated rings. The number of ether oxygens (including phenoxy) is 1. The number of aromatic nitrogens is 1. The molecule has 13 heavy (non-hydrogen) atoms. The van der Waals surface area contributed by atoms with Gasteiger partial charge in [-0.05, 0) is 18.2 Å². The zero-order chi connectivity index (χ0) is 8.41. The van der Waals surface area contributed by atoms with Gasteiger partial charge in [0.05, 0.1) is 11.8 Å². The van der Waals surface area contributed by atoms with Crippen LogP contribution in [-0.4, -0.2) is 4.98 Å². The van der Waals surface area contributed by atoms with Crippen molar-refractivity contribution in [1.29, 1.82) is 0 Å². The minimum atomic E-state index is 0.892. The van der Waals surface area contributed by atoms with E-state index in [0.717, 1.165) is 33.5 Å². The summed E-state index contributed by atoms with van der Waals surface area (Å²) in [5.41, 5.74) is 2.02. The van der Waals surface area contributed by atoms with E-state index in [9.17, 15) is 0 Å². The van der Waals surface area contributed by atoms with Crippen molar-refractivity contribution in [3.63, 3.8) is 0 Å². The summed E-state index contributed by atoms with van der Waals surface area (Å²) in [5, 5.41) is 2.26. The van der Waals surface area contributed by atoms with E-state index in [1.807, 2.05) is 18.2 Å². The second-order valence-electron chi connectivity index (χ2n) is 3.21. The van der Waals surface area contributed by atoms with Gasteiger partial charge in [-0.25, -0.2) is 0 Å². The van der Waals surface area contributed by atoms with Gasteiger partial charge in [-0.3, -0.25) is 0 Å². The number of rotatable bonds is 0. The largest absolute Gasteiger partial charge is 0.464 e. The molecule has 3 aromatic rings. The number of fused-ring (bicyclic) bond motifs is 5. The van der Waals surface area contributed by atoms with E-state index in [4.69, 9.17) is 9.15 Å². The van der Waals surface area contributed by atoms with Crippen LogP contribution in [0.3, 0.4) is 0 Å². The van der Waals surface area contributed by atoms with Crippen LogP contribution >= 0.6 is 0 Å². The summed E-state index contributed by atoms with van der Waals surface area (Å²) in [5.74, 6) is 1.88. The van der Waals surface area contributed by atoms with Gasteiger partial charge in [0.1, 0.15) is 5.58 Å². The van der Waals surface area contributed by atoms with Gasteiger partial charge in [0.15, 0.2) is 5.75 Å². The molecule has 0 bridgehead atoms. The van der Waals surface area contributed by atoms with Crippen molar-refractivity contribution in [3.8, 4) is 11.6 Å². The number of aromatic amines is 1. The van der Waals surface area contributed by atoms with E-state index < -0.39 is 0 Å². The molecule has 62 valence electrons. The third-order valence-corrected chi connectivity index (χ3v) is 2.49. The molecule has 0 unspecified atom stereocenters. The lowest BCUT2D eigenvalue weighted by Gasteiger charge is -1.92. The summed E-state index contributed by atoms with van der Waals surface area (Å²) in [4.78, 5) is 3.20. The molecule has 0 spiro atoms. The van der Waals surface area contributed by atoms with E-state index >= 15 is 0 Å². The maximum atomic E-state index is 5.29. The highest BCUT2D eigenvalue weighted by molar-refractivity contribution is 6.09. The monoisotopic (exact) mass is 171 g/mol. The maximum Gasteiger partial charge on any atom is 0.242 e. The molecule has 1 N–H and O–H groups in total. The van der Waals surface area contributed by atoms with E-state index in [1.165, 1.54) is 0 Å². The molecule has 3 nitrogen and oxygen atoms in total. The normalized spacial score (nSPS) is 13.2. The predicted molar refractivity (Wildman–Crippen MR) is 48.1 cm³/mol. The van der Waals surface area contributed by atoms with E-state index in [0.29, 0.717) is 0 Å². The lowest BCUT2D eigenvalue weighted by molar-refractivity contribution is 0.616. The topological polar surface area (TPSA) is 41.5 Å². The number of H-pyrrole nitrogens is 1. The van der Waals surface area contributed by atoms with Gasteiger partial charge < -0.3 is 14.1 Å². The Morgan fingerprint density at radius 1 is 1.08 bits per heavy atom. The van der Waals surface area contributed by atoms with Crippen LogP contribution in [0.2, 0.25) is 0 Å². The Bertz CT molecular complexity index is 633. The van der Waals surface area contributed by atoms with Crippen molar-refractivity contribution in [2.45, 2.75) is 0 Å². The molecule has 1 aromatic carbocycles. The van der Waals surface area contributed by atoms with Crippen LogP contribution in [0, 0.1) is 0 Å². The first-order valence-corrected chi connectivity index (χ1v) is 4.13. The number of hydrogen-bond acceptors (Lipinski definition) is 2. The number of nitrogens with one attached hydrogen (secondary N) is 1. The number of benzene rings is 1. The predicted octanol–water partition coefficient (Wildman–Crippen LogP) is 3.02. The summed E-state index contributed by atoms with van der Waals surface area (Å²) < 4.78 is 10.5. The zero-order valence-electron chi connectivity index (χ0n) is 6.63. The van der Waals surface area contributed by atoms with Crippen LogP contribution < -0.4 is 4.74 Å². The third kappa shape index (κ3) is 0.538. The Balaban J connectivity index is 2.40. The lowest BCUT2D eigenvalue weighted by Crippen LogP contribution is -1.72. The fourth-order valence-corrected chi connectivity index (χ4v) is 1.82. The number of furan rings is 1. The minimum absolute atomic E-state index is 0.892. The van der Waals surface area contributed by atoms with Crippen LogP contribution in [0.5, 0.6) is 11.6 Å². The first-order valence-electron chi connectivity index (χ1n) is 4.13. The van der Waals surface area contributed by atoms with Crippen molar-refractivity contribution >= 4 is 21.9 Å². The molecule has 0 atom stereocenters. The first-order chi connectivity index (χ1) is 6.43. The Morgan fingerprint density at radius 3 is 3.08 bits per heavy atom. The summed E-state index contributed by atoms with van der Waals surface area (Å²) >= 11 is 0. The van der Waals surface area contributed by atoms with Crippen LogP contribution in [0.4, 0.5) is 0 Å². The summed E-state index contributed by atoms with van der Waals surface area (Å²) in [6, 6.07) is 5.95. The second kappa shape index (κ2) is 1.57. The van der Waals surface area contributed by atoms with Gasteiger partial charge in [0, 0.05) is 10.8 Å². The van der Waals surface area contributed by atoms with Gasteiger partial charge in [-0.2, -0.15) is 0 Å². The molecule has 4 rings (SSSR count). The Hall–Kier alpha value is -1.90. The fourth-order valence-electron chi connectivity index (χ4n) is 1.82. The molecule has 1 aliphatic rings. The highest BCUT2D eigenvalue weighted by atomic mass is 16.6. The average Bonchev–Trinajstić information content (AvgIpc) is 2.64. The van der Waals surface area contributed by atoms with Gasteiger partial charge in [0.25, 0.3) is 0 Å². The van der Waals surface area contributed by atoms with Crippen LogP contribution in [0.15, 0.2) is 28.9 Å². The molecular formula is C10H5NO2. The van der Waals surface area contributed by atoms with Crippen molar-refractivity contribution in [3.05, 3.63) is 24.5 Å². The lowest BCUT2D eigenvalue weighted by atomic mass is 10.2. The van der Waals surface area contributed by atoms with Crippen LogP contribution in [0.1, 0.15) is 0 Å². The standard InChI is InChI=1S/C10H5NO2/c1-2-7-5(3-4-12-7)8-6(1)9-10(11-8)13-9/h1-4,11H. The van der Waals surface area contributed by atoms with Crippen LogP contribution in [0.25, 0.3) is 21.9 Å². The third-order valence-electron chi connectivity index (χ3n) is 2.49. The summed E-state index contributed by atoms with van der Waals surface area (Å²) in [6.45, 7) is 0. The maximum absolute atomic E-state index is 5.29. The highest BCUT2D eigenvalue weighted by Crippen LogP contribution is 2.51. The van der Waals surface area contributed by atoms with Gasteiger partial charge in [-0.15, -0.1) is 0 Å². The molecule has 3 heterocycles. The molecule has 0 saturated heterocycles. The zero-order valence-corrected chi connectivity index (χ0v) is 6.63. The summed E-state index contributed by atoms with van der Waals surface area (Å²) in [7, 11) is 0. The Kier molecular flexibility index (Phi) is 0.687. The summed E-state index contributed by atoms with van der Waals surface area (Å²) in [6.07, 6.45) is 1.70. The smallest absolute Gasteiger partial charge is 0.242 e. The van der Waals surface area contributed by atoms with E-state index in [2.05, 4.69) is 4.98 Å². The van der Waals surface area contributed by atoms with Gasteiger partial charge in [0.2, 0.25) is 5.88 Å². The highest BCUT2D eigenvalue weighted by Gasteiger charge is 2.27. The second-order valence-corrected chi connectivity index (χ2v) is 3.21. The Labute approximate surface area is 72.9 Å². The average molecular weight is 171 g/mol. The Morgan fingerprint density at radius 2 is 2.08 bits per heavy atom. The van der Waals surface area contributed by atoms with E-state index in [-0.39, 0.29) is 0 Å². The first kappa shape index (κ1) is 5.70. The molecule has 0 saturated carbocycles. The van der Waals surface area contributed by atoms with E-state index in [1.54, 1.807) is 6.26 Å². The number of hydrogen-bond donors (Lipinski definition) is 1. The molecule has 1 aliphatic heterocycles. The van der Waals surface area contributed by atoms with Gasteiger partial charge >= 0.3 is 0 Å². The molecule has 2 aromatic heterocycles. The molecular weight excluding hydrogens is 166 g/mol. The minimum Gasteiger partial charge on any atom is -0.464 e.